The van der Waals surface area contributed by atoms with E-state index in [4.69, 9.17) is 11.6 Å². The molecule has 1 heterocycles. The van der Waals surface area contributed by atoms with Crippen LogP contribution >= 0.6 is 11.6 Å². The van der Waals surface area contributed by atoms with Crippen LogP contribution in [-0.4, -0.2) is 35.8 Å². The first-order valence-electron chi connectivity index (χ1n) is 5.00. The van der Waals surface area contributed by atoms with E-state index in [1.807, 2.05) is 0 Å². The van der Waals surface area contributed by atoms with Crippen molar-refractivity contribution in [3.63, 3.8) is 0 Å². The Bertz CT molecular complexity index is 499. The van der Waals surface area contributed by atoms with Crippen molar-refractivity contribution in [2.75, 3.05) is 13.1 Å². The lowest BCUT2D eigenvalue weighted by molar-refractivity contribution is 0.452. The summed E-state index contributed by atoms with van der Waals surface area (Å²) < 4.78 is 25.7. The molecule has 17 heavy (non-hydrogen) atoms. The molecular formula is C10H14ClN3O2S. The molecule has 0 aliphatic rings. The number of aromatic nitrogens is 2. The molecule has 0 amide bonds. The molecule has 94 valence electrons. The van der Waals surface area contributed by atoms with Crippen LogP contribution in [0.5, 0.6) is 0 Å². The van der Waals surface area contributed by atoms with Crippen molar-refractivity contribution in [2.24, 2.45) is 0 Å². The van der Waals surface area contributed by atoms with Gasteiger partial charge in [0.1, 0.15) is 4.90 Å². The molecule has 0 unspecified atom stereocenters. The highest BCUT2D eigenvalue weighted by atomic mass is 35.5. The van der Waals surface area contributed by atoms with Gasteiger partial charge in [0.15, 0.2) is 0 Å². The Morgan fingerprint density at radius 1 is 1.47 bits per heavy atom. The van der Waals surface area contributed by atoms with Gasteiger partial charge in [-0.3, -0.25) is 0 Å². The largest absolute Gasteiger partial charge is 0.246 e. The highest BCUT2D eigenvalue weighted by molar-refractivity contribution is 7.89. The molecular weight excluding hydrogens is 262 g/mol. The fraction of sp³-hybridized carbons (Fsp3) is 0.400. The summed E-state index contributed by atoms with van der Waals surface area (Å²) in [7, 11) is -3.57. The van der Waals surface area contributed by atoms with Gasteiger partial charge in [-0.25, -0.2) is 18.4 Å². The minimum absolute atomic E-state index is 0.0203. The number of hydrogen-bond acceptors (Lipinski definition) is 4. The molecule has 0 aliphatic carbocycles. The second kappa shape index (κ2) is 5.57. The molecule has 0 aliphatic heterocycles. The molecule has 0 spiro atoms. The lowest BCUT2D eigenvalue weighted by atomic mass is 10.3. The summed E-state index contributed by atoms with van der Waals surface area (Å²) in [5.41, 5.74) is 0.769. The monoisotopic (exact) mass is 275 g/mol. The van der Waals surface area contributed by atoms with Gasteiger partial charge in [-0.05, 0) is 18.5 Å². The molecule has 1 aromatic heterocycles. The van der Waals surface area contributed by atoms with E-state index in [1.165, 1.54) is 16.7 Å². The Kier molecular flexibility index (Phi) is 4.62. The van der Waals surface area contributed by atoms with Crippen molar-refractivity contribution in [2.45, 2.75) is 18.7 Å². The van der Waals surface area contributed by atoms with E-state index in [2.05, 4.69) is 16.5 Å². The van der Waals surface area contributed by atoms with Crippen molar-refractivity contribution in [1.29, 1.82) is 0 Å². The zero-order valence-corrected chi connectivity index (χ0v) is 11.3. The van der Waals surface area contributed by atoms with E-state index in [0.717, 1.165) is 5.57 Å². The Morgan fingerprint density at radius 2 is 2.00 bits per heavy atom. The van der Waals surface area contributed by atoms with Gasteiger partial charge in [-0.2, -0.15) is 4.31 Å². The summed E-state index contributed by atoms with van der Waals surface area (Å²) in [6.45, 7) is 7.88. The van der Waals surface area contributed by atoms with Crippen LogP contribution in [0.2, 0.25) is 5.28 Å². The predicted molar refractivity (Wildman–Crippen MR) is 66.3 cm³/mol. The highest BCUT2D eigenvalue weighted by Gasteiger charge is 2.23. The minimum atomic E-state index is -3.57. The van der Waals surface area contributed by atoms with Gasteiger partial charge in [-0.1, -0.05) is 19.1 Å². The van der Waals surface area contributed by atoms with Crippen LogP contribution in [-0.2, 0) is 10.0 Å². The SMILES string of the molecule is C=C(C)CN(CC)S(=O)(=O)c1cnc(Cl)nc1. The lowest BCUT2D eigenvalue weighted by Gasteiger charge is -2.19. The standard InChI is InChI=1S/C10H14ClN3O2S/c1-4-14(7-8(2)3)17(15,16)9-5-12-10(11)13-6-9/h5-6H,2,4,7H2,1,3H3. The average molecular weight is 276 g/mol. The van der Waals surface area contributed by atoms with E-state index < -0.39 is 10.0 Å². The van der Waals surface area contributed by atoms with Crippen molar-refractivity contribution in [3.05, 3.63) is 29.8 Å². The quantitative estimate of drug-likeness (QED) is 0.606. The second-order valence-electron chi connectivity index (χ2n) is 3.58. The molecule has 7 heteroatoms. The first kappa shape index (κ1) is 14.1. The van der Waals surface area contributed by atoms with E-state index in [0.29, 0.717) is 6.54 Å². The van der Waals surface area contributed by atoms with Gasteiger partial charge < -0.3 is 0 Å². The summed E-state index contributed by atoms with van der Waals surface area (Å²) in [6.07, 6.45) is 2.40. The lowest BCUT2D eigenvalue weighted by Crippen LogP contribution is -2.32. The first-order valence-corrected chi connectivity index (χ1v) is 6.81. The van der Waals surface area contributed by atoms with Crippen LogP contribution in [0, 0.1) is 0 Å². The molecule has 0 aromatic carbocycles. The molecule has 0 bridgehead atoms. The fourth-order valence-corrected chi connectivity index (χ4v) is 2.75. The Labute approximate surface area is 106 Å². The Balaban J connectivity index is 3.08. The number of halogens is 1. The number of hydrogen-bond donors (Lipinski definition) is 0. The summed E-state index contributed by atoms with van der Waals surface area (Å²) in [4.78, 5) is 7.37. The van der Waals surface area contributed by atoms with Gasteiger partial charge in [0.2, 0.25) is 15.3 Å². The molecule has 0 saturated carbocycles. The molecule has 1 rings (SSSR count). The van der Waals surface area contributed by atoms with Crippen LogP contribution in [0.3, 0.4) is 0 Å². The number of nitrogens with zero attached hydrogens (tertiary/aromatic N) is 3. The van der Waals surface area contributed by atoms with Crippen LogP contribution in [0.4, 0.5) is 0 Å². The maximum Gasteiger partial charge on any atom is 0.246 e. The van der Waals surface area contributed by atoms with E-state index in [-0.39, 0.29) is 16.7 Å². The van der Waals surface area contributed by atoms with Crippen LogP contribution in [0.25, 0.3) is 0 Å². The van der Waals surface area contributed by atoms with Crippen molar-refractivity contribution < 1.29 is 8.42 Å². The maximum atomic E-state index is 12.2. The number of rotatable bonds is 5. The number of sulfonamides is 1. The minimum Gasteiger partial charge on any atom is -0.225 e. The molecule has 0 fully saturated rings. The van der Waals surface area contributed by atoms with Gasteiger partial charge in [-0.15, -0.1) is 0 Å². The summed E-state index contributed by atoms with van der Waals surface area (Å²) in [5.74, 6) is 0. The van der Waals surface area contributed by atoms with Crippen molar-refractivity contribution >= 4 is 21.6 Å². The molecule has 1 aromatic rings. The summed E-state index contributed by atoms with van der Waals surface area (Å²) >= 11 is 5.51. The third kappa shape index (κ3) is 3.49. The van der Waals surface area contributed by atoms with Crippen LogP contribution in [0.1, 0.15) is 13.8 Å². The Hall–Kier alpha value is -0.980. The van der Waals surface area contributed by atoms with Gasteiger partial charge >= 0.3 is 0 Å². The zero-order valence-electron chi connectivity index (χ0n) is 9.72. The van der Waals surface area contributed by atoms with E-state index in [1.54, 1.807) is 13.8 Å². The zero-order chi connectivity index (χ0) is 13.1. The summed E-state index contributed by atoms with van der Waals surface area (Å²) in [6, 6.07) is 0. The first-order chi connectivity index (χ1) is 7.87. The van der Waals surface area contributed by atoms with E-state index >= 15 is 0 Å². The molecule has 0 atom stereocenters. The Morgan fingerprint density at radius 3 is 2.41 bits per heavy atom. The summed E-state index contributed by atoms with van der Waals surface area (Å²) in [5, 5.41) is 0.0203. The fourth-order valence-electron chi connectivity index (χ4n) is 1.25. The predicted octanol–water partition coefficient (Wildman–Crippen LogP) is 1.72. The van der Waals surface area contributed by atoms with Crippen molar-refractivity contribution in [1.82, 2.24) is 14.3 Å². The highest BCUT2D eigenvalue weighted by Crippen LogP contribution is 2.15. The van der Waals surface area contributed by atoms with Gasteiger partial charge in [0.05, 0.1) is 12.4 Å². The van der Waals surface area contributed by atoms with Crippen LogP contribution in [0.15, 0.2) is 29.4 Å². The molecule has 0 saturated heterocycles. The third-order valence-electron chi connectivity index (χ3n) is 2.03. The molecule has 5 nitrogen and oxygen atoms in total. The number of likely N-dealkylation sites (N-methyl/N-ethyl adjacent to an activating group) is 1. The van der Waals surface area contributed by atoms with Crippen molar-refractivity contribution in [3.8, 4) is 0 Å². The molecule has 0 N–H and O–H groups in total. The van der Waals surface area contributed by atoms with Gasteiger partial charge in [0, 0.05) is 13.1 Å². The second-order valence-corrected chi connectivity index (χ2v) is 5.85. The topological polar surface area (TPSA) is 63.2 Å². The van der Waals surface area contributed by atoms with Crippen LogP contribution < -0.4 is 0 Å². The smallest absolute Gasteiger partial charge is 0.225 e. The normalized spacial score (nSPS) is 11.8. The van der Waals surface area contributed by atoms with E-state index in [9.17, 15) is 8.42 Å². The average Bonchev–Trinajstić information content (AvgIpc) is 2.26. The third-order valence-corrected chi connectivity index (χ3v) is 4.10. The maximum absolute atomic E-state index is 12.2. The van der Waals surface area contributed by atoms with Gasteiger partial charge in [0.25, 0.3) is 0 Å². The molecule has 0 radical (unpaired) electrons.